The van der Waals surface area contributed by atoms with Crippen molar-refractivity contribution in [1.29, 1.82) is 0 Å². The third kappa shape index (κ3) is 6.00. The predicted molar refractivity (Wildman–Crippen MR) is 112 cm³/mol. The topological polar surface area (TPSA) is 57.5 Å². The van der Waals surface area contributed by atoms with E-state index in [1.165, 1.54) is 24.3 Å². The number of halogens is 5. The summed E-state index contributed by atoms with van der Waals surface area (Å²) >= 11 is 0. The molecule has 3 rings (SSSR count). The van der Waals surface area contributed by atoms with Crippen LogP contribution in [0.2, 0.25) is 0 Å². The van der Waals surface area contributed by atoms with Crippen molar-refractivity contribution in [2.75, 3.05) is 6.61 Å². The van der Waals surface area contributed by atoms with Gasteiger partial charge in [0.25, 0.3) is 0 Å². The predicted octanol–water partition coefficient (Wildman–Crippen LogP) is 5.68. The van der Waals surface area contributed by atoms with Gasteiger partial charge in [0, 0.05) is 22.6 Å². The first-order valence-corrected chi connectivity index (χ1v) is 10.0. The number of aromatic nitrogens is 1. The molecular weight excluding hydrogens is 461 g/mol. The van der Waals surface area contributed by atoms with Crippen LogP contribution in [0.1, 0.15) is 32.9 Å². The van der Waals surface area contributed by atoms with Gasteiger partial charge in [-0.15, -0.1) is 0 Å². The van der Waals surface area contributed by atoms with Crippen LogP contribution >= 0.6 is 0 Å². The first-order valence-electron chi connectivity index (χ1n) is 10.0. The van der Waals surface area contributed by atoms with Crippen LogP contribution in [0.5, 0.6) is 5.75 Å². The molecule has 0 aliphatic heterocycles. The lowest BCUT2D eigenvalue weighted by molar-refractivity contribution is -0.142. The third-order valence-electron chi connectivity index (χ3n) is 5.02. The van der Waals surface area contributed by atoms with Gasteiger partial charge in [0.2, 0.25) is 5.78 Å². The van der Waals surface area contributed by atoms with Gasteiger partial charge in [0.05, 0.1) is 12.0 Å². The van der Waals surface area contributed by atoms with Gasteiger partial charge in [0.15, 0.2) is 6.61 Å². The number of ketones is 1. The van der Waals surface area contributed by atoms with Crippen molar-refractivity contribution in [2.24, 2.45) is 0 Å². The van der Waals surface area contributed by atoms with Crippen LogP contribution < -0.4 is 4.74 Å². The summed E-state index contributed by atoms with van der Waals surface area (Å²) in [4.78, 5) is 24.7. The smallest absolute Gasteiger partial charge is 0.416 e. The molecule has 5 nitrogen and oxygen atoms in total. The number of aryl methyl sites for hydroxylation is 1. The molecule has 0 radical (unpaired) electrons. The molecule has 1 heterocycles. The van der Waals surface area contributed by atoms with Crippen LogP contribution in [0.25, 0.3) is 5.69 Å². The Bertz CT molecular complexity index is 1180. The van der Waals surface area contributed by atoms with E-state index in [1.807, 2.05) is 0 Å². The lowest BCUT2D eigenvalue weighted by Gasteiger charge is -2.11. The molecule has 0 saturated carbocycles. The summed E-state index contributed by atoms with van der Waals surface area (Å²) in [6.07, 6.45) is -4.95. The van der Waals surface area contributed by atoms with Crippen molar-refractivity contribution in [2.45, 2.75) is 33.1 Å². The fraction of sp³-hybridized carbons (Fsp3) is 0.250. The molecule has 0 amide bonds. The number of rotatable bonds is 8. The molecular formula is C24H20F5NO4. The number of carbonyl (C=O) groups is 2. The first-order chi connectivity index (χ1) is 16.0. The number of alkyl halides is 5. The highest BCUT2D eigenvalue weighted by Crippen LogP contribution is 2.29. The van der Waals surface area contributed by atoms with E-state index >= 15 is 0 Å². The summed E-state index contributed by atoms with van der Waals surface area (Å²) in [5.74, 6) is -1.34. The van der Waals surface area contributed by atoms with Gasteiger partial charge in [-0.3, -0.25) is 9.59 Å². The third-order valence-corrected chi connectivity index (χ3v) is 5.02. The summed E-state index contributed by atoms with van der Waals surface area (Å²) in [5, 5.41) is 0. The van der Waals surface area contributed by atoms with Crippen LogP contribution in [0.15, 0.2) is 54.6 Å². The zero-order chi connectivity index (χ0) is 25.0. The summed E-state index contributed by atoms with van der Waals surface area (Å²) in [7, 11) is 0. The molecule has 3 aromatic rings. The number of nitrogens with zero attached hydrogens (tertiary/aromatic N) is 1. The highest BCUT2D eigenvalue weighted by atomic mass is 19.4. The fourth-order valence-corrected chi connectivity index (χ4v) is 3.52. The summed E-state index contributed by atoms with van der Waals surface area (Å²) in [6.45, 7) is -0.105. The Labute approximate surface area is 191 Å². The molecule has 1 aromatic heterocycles. The van der Waals surface area contributed by atoms with E-state index in [-0.39, 0.29) is 16.9 Å². The van der Waals surface area contributed by atoms with E-state index in [2.05, 4.69) is 4.74 Å². The summed E-state index contributed by atoms with van der Waals surface area (Å²) in [5.41, 5.74) is 1.35. The second-order valence-corrected chi connectivity index (χ2v) is 7.45. The van der Waals surface area contributed by atoms with E-state index < -0.39 is 43.1 Å². The Kier molecular flexibility index (Phi) is 7.38. The summed E-state index contributed by atoms with van der Waals surface area (Å²) < 4.78 is 74.1. The average molecular weight is 481 g/mol. The van der Waals surface area contributed by atoms with Crippen molar-refractivity contribution in [3.63, 3.8) is 0 Å². The monoisotopic (exact) mass is 481 g/mol. The van der Waals surface area contributed by atoms with Gasteiger partial charge in [-0.2, -0.15) is 22.0 Å². The minimum absolute atomic E-state index is 0.00908. The molecule has 0 N–H and O–H groups in total. The van der Waals surface area contributed by atoms with E-state index in [0.29, 0.717) is 17.1 Å². The van der Waals surface area contributed by atoms with Gasteiger partial charge >= 0.3 is 18.8 Å². The lowest BCUT2D eigenvalue weighted by Crippen LogP contribution is -2.16. The maximum atomic E-state index is 12.8. The second-order valence-electron chi connectivity index (χ2n) is 7.45. The average Bonchev–Trinajstić information content (AvgIpc) is 3.06. The zero-order valence-corrected chi connectivity index (χ0v) is 18.2. The molecule has 0 unspecified atom stereocenters. The van der Waals surface area contributed by atoms with Crippen molar-refractivity contribution >= 4 is 11.8 Å². The van der Waals surface area contributed by atoms with E-state index in [4.69, 9.17) is 4.74 Å². The van der Waals surface area contributed by atoms with Crippen LogP contribution in [-0.2, 0) is 22.1 Å². The largest absolute Gasteiger partial charge is 0.457 e. The van der Waals surface area contributed by atoms with Crippen molar-refractivity contribution in [3.05, 3.63) is 82.7 Å². The Morgan fingerprint density at radius 3 is 2.29 bits per heavy atom. The normalized spacial score (nSPS) is 11.5. The Morgan fingerprint density at radius 2 is 1.68 bits per heavy atom. The number of Topliss-reactive ketones (excluding diaryl/α,β-unsaturated/α-hetero) is 1. The number of esters is 1. The number of ether oxygens (including phenoxy) is 2. The van der Waals surface area contributed by atoms with Crippen LogP contribution in [0, 0.1) is 13.8 Å². The van der Waals surface area contributed by atoms with E-state index in [9.17, 15) is 31.5 Å². The van der Waals surface area contributed by atoms with E-state index in [1.54, 1.807) is 36.6 Å². The first kappa shape index (κ1) is 24.9. The quantitative estimate of drug-likeness (QED) is 0.236. The Morgan fingerprint density at radius 1 is 1.00 bits per heavy atom. The second kappa shape index (κ2) is 10.1. The number of hydrogen-bond donors (Lipinski definition) is 0. The maximum absolute atomic E-state index is 12.8. The minimum Gasteiger partial charge on any atom is -0.457 e. The maximum Gasteiger partial charge on any atom is 0.416 e. The van der Waals surface area contributed by atoms with Crippen molar-refractivity contribution < 1.29 is 41.0 Å². The van der Waals surface area contributed by atoms with Gasteiger partial charge < -0.3 is 14.0 Å². The van der Waals surface area contributed by atoms with Crippen LogP contribution in [0.4, 0.5) is 22.0 Å². The minimum atomic E-state index is -4.53. The number of carbonyl (C=O) groups excluding carboxylic acids is 2. The lowest BCUT2D eigenvalue weighted by atomic mass is 10.1. The molecule has 0 aliphatic carbocycles. The van der Waals surface area contributed by atoms with Gasteiger partial charge in [0.1, 0.15) is 5.75 Å². The molecule has 0 spiro atoms. The number of benzene rings is 2. The SMILES string of the molecule is Cc1cc(C(=O)COC(=O)Cc2cccc(C(F)(F)F)c2)c(C)n1-c1ccc(OC(F)F)cc1. The molecule has 0 saturated heterocycles. The Balaban J connectivity index is 1.66. The van der Waals surface area contributed by atoms with E-state index in [0.717, 1.165) is 12.1 Å². The zero-order valence-electron chi connectivity index (χ0n) is 18.2. The highest BCUT2D eigenvalue weighted by molar-refractivity contribution is 5.99. The Hall–Kier alpha value is -3.69. The molecule has 0 bridgehead atoms. The molecule has 0 atom stereocenters. The molecule has 0 fully saturated rings. The molecule has 34 heavy (non-hydrogen) atoms. The standard InChI is InChI=1S/C24H20F5NO4/c1-14-10-20(15(2)30(14)18-6-8-19(9-7-18)34-23(25)26)21(31)13-33-22(32)12-16-4-3-5-17(11-16)24(27,28)29/h3-11,23H,12-13H2,1-2H3. The van der Waals surface area contributed by atoms with Gasteiger partial charge in [-0.25, -0.2) is 0 Å². The number of hydrogen-bond acceptors (Lipinski definition) is 4. The van der Waals surface area contributed by atoms with Crippen molar-refractivity contribution in [3.8, 4) is 11.4 Å². The molecule has 0 aliphatic rings. The van der Waals surface area contributed by atoms with Crippen LogP contribution in [-0.4, -0.2) is 29.5 Å². The molecule has 2 aromatic carbocycles. The van der Waals surface area contributed by atoms with Crippen molar-refractivity contribution in [1.82, 2.24) is 4.57 Å². The van der Waals surface area contributed by atoms with Gasteiger partial charge in [-0.1, -0.05) is 18.2 Å². The molecule has 180 valence electrons. The van der Waals surface area contributed by atoms with Crippen LogP contribution in [0.3, 0.4) is 0 Å². The highest BCUT2D eigenvalue weighted by Gasteiger charge is 2.30. The van der Waals surface area contributed by atoms with Gasteiger partial charge in [-0.05, 0) is 55.8 Å². The fourth-order valence-electron chi connectivity index (χ4n) is 3.52. The summed E-state index contributed by atoms with van der Waals surface area (Å²) in [6, 6.07) is 11.8. The molecule has 10 heteroatoms.